The molecule has 0 heterocycles. The minimum absolute atomic E-state index is 0.125. The summed E-state index contributed by atoms with van der Waals surface area (Å²) in [6, 6.07) is 14.0. The van der Waals surface area contributed by atoms with Crippen LogP contribution in [0.1, 0.15) is 18.9 Å². The fourth-order valence-electron chi connectivity index (χ4n) is 2.21. The molecule has 0 aliphatic carbocycles. The van der Waals surface area contributed by atoms with Crippen LogP contribution in [-0.4, -0.2) is 31.4 Å². The normalized spacial score (nSPS) is 11.8. The molecule has 0 aliphatic heterocycles. The van der Waals surface area contributed by atoms with Crippen LogP contribution in [0.2, 0.25) is 0 Å². The first-order chi connectivity index (χ1) is 12.6. The maximum Gasteiger partial charge on any atom is 0.248 e. The van der Waals surface area contributed by atoms with E-state index in [0.29, 0.717) is 13.2 Å². The molecule has 0 aliphatic rings. The molecule has 0 aromatic heterocycles. The molecule has 1 amide bonds. The van der Waals surface area contributed by atoms with Crippen LogP contribution < -0.4 is 10.1 Å². The summed E-state index contributed by atoms with van der Waals surface area (Å²) < 4.78 is 23.6. The van der Waals surface area contributed by atoms with E-state index in [2.05, 4.69) is 5.32 Å². The predicted molar refractivity (Wildman–Crippen MR) is 102 cm³/mol. The largest absolute Gasteiger partial charge is 0.497 e. The highest BCUT2D eigenvalue weighted by molar-refractivity contribution is 7.99. The Hall–Kier alpha value is -2.05. The summed E-state index contributed by atoms with van der Waals surface area (Å²) in [5.41, 5.74) is 0.958. The van der Waals surface area contributed by atoms with Crippen LogP contribution in [-0.2, 0) is 16.1 Å². The average Bonchev–Trinajstić information content (AvgIpc) is 2.67. The van der Waals surface area contributed by atoms with Crippen LogP contribution in [0, 0.1) is 5.82 Å². The first-order valence-electron chi connectivity index (χ1n) is 8.49. The highest BCUT2D eigenvalue weighted by Gasteiger charge is 2.12. The maximum atomic E-state index is 12.8. The number of thioether (sulfide) groups is 1. The Balaban J connectivity index is 1.61. The number of rotatable bonds is 10. The van der Waals surface area contributed by atoms with Gasteiger partial charge in [-0.1, -0.05) is 12.1 Å². The second-order valence-corrected chi connectivity index (χ2v) is 6.92. The Morgan fingerprint density at radius 1 is 1.23 bits per heavy atom. The zero-order valence-corrected chi connectivity index (χ0v) is 15.9. The van der Waals surface area contributed by atoms with Gasteiger partial charge in [0, 0.05) is 11.4 Å². The van der Waals surface area contributed by atoms with Gasteiger partial charge < -0.3 is 14.8 Å². The number of carbonyl (C=O) groups is 1. The molecule has 26 heavy (non-hydrogen) atoms. The second-order valence-electron chi connectivity index (χ2n) is 5.75. The van der Waals surface area contributed by atoms with Crippen molar-refractivity contribution < 1.29 is 18.7 Å². The van der Waals surface area contributed by atoms with Gasteiger partial charge in [-0.3, -0.25) is 4.79 Å². The molecule has 0 bridgehead atoms. The first-order valence-corrected chi connectivity index (χ1v) is 9.47. The number of nitrogens with one attached hydrogen (secondary N) is 1. The summed E-state index contributed by atoms with van der Waals surface area (Å²) in [7, 11) is 1.62. The summed E-state index contributed by atoms with van der Waals surface area (Å²) in [5, 5.41) is 2.87. The van der Waals surface area contributed by atoms with Gasteiger partial charge in [-0.15, -0.1) is 11.8 Å². The third-order valence-electron chi connectivity index (χ3n) is 3.71. The van der Waals surface area contributed by atoms with Gasteiger partial charge in [0.15, 0.2) is 0 Å². The van der Waals surface area contributed by atoms with E-state index in [1.54, 1.807) is 37.9 Å². The van der Waals surface area contributed by atoms with Crippen LogP contribution in [0.4, 0.5) is 4.39 Å². The van der Waals surface area contributed by atoms with Crippen molar-refractivity contribution in [2.24, 2.45) is 0 Å². The Labute approximate surface area is 158 Å². The quantitative estimate of drug-likeness (QED) is 0.501. The summed E-state index contributed by atoms with van der Waals surface area (Å²) in [5.74, 6) is 1.26. The van der Waals surface area contributed by atoms with Crippen molar-refractivity contribution in [2.45, 2.75) is 31.0 Å². The van der Waals surface area contributed by atoms with E-state index >= 15 is 0 Å². The van der Waals surface area contributed by atoms with E-state index in [1.165, 1.54) is 12.1 Å². The third kappa shape index (κ3) is 7.06. The Bertz CT molecular complexity index is 694. The minimum Gasteiger partial charge on any atom is -0.497 e. The smallest absolute Gasteiger partial charge is 0.248 e. The van der Waals surface area contributed by atoms with Gasteiger partial charge in [-0.05, 0) is 61.1 Å². The molecule has 2 aromatic rings. The average molecular weight is 377 g/mol. The van der Waals surface area contributed by atoms with Crippen LogP contribution in [0.5, 0.6) is 5.75 Å². The predicted octanol–water partition coefficient (Wildman–Crippen LogP) is 4.04. The van der Waals surface area contributed by atoms with Crippen LogP contribution >= 0.6 is 11.8 Å². The van der Waals surface area contributed by atoms with Gasteiger partial charge in [0.05, 0.1) is 13.7 Å². The van der Waals surface area contributed by atoms with Crippen molar-refractivity contribution in [3.8, 4) is 5.75 Å². The molecule has 0 saturated heterocycles. The van der Waals surface area contributed by atoms with Gasteiger partial charge >= 0.3 is 0 Å². The standard InChI is InChI=1S/C20H24FNO3S/c1-15(25-14-16-5-3-6-18(13-16)24-2)20(23)22-11-4-12-26-19-9-7-17(21)8-10-19/h3,5-10,13,15H,4,11-12,14H2,1-2H3,(H,22,23). The summed E-state index contributed by atoms with van der Waals surface area (Å²) in [4.78, 5) is 13.1. The molecule has 6 heteroatoms. The number of amides is 1. The zero-order valence-electron chi connectivity index (χ0n) is 15.0. The van der Waals surface area contributed by atoms with Gasteiger partial charge in [-0.25, -0.2) is 4.39 Å². The van der Waals surface area contributed by atoms with Crippen molar-refractivity contribution in [2.75, 3.05) is 19.4 Å². The fraction of sp³-hybridized carbons (Fsp3) is 0.350. The summed E-state index contributed by atoms with van der Waals surface area (Å²) in [6.07, 6.45) is 0.307. The monoisotopic (exact) mass is 377 g/mol. The topological polar surface area (TPSA) is 47.6 Å². The number of methoxy groups -OCH3 is 1. The summed E-state index contributed by atoms with van der Waals surface area (Å²) in [6.45, 7) is 2.68. The number of hydrogen-bond acceptors (Lipinski definition) is 4. The molecule has 1 atom stereocenters. The molecule has 2 aromatic carbocycles. The van der Waals surface area contributed by atoms with Gasteiger partial charge in [-0.2, -0.15) is 0 Å². The van der Waals surface area contributed by atoms with Crippen molar-refractivity contribution in [1.29, 1.82) is 0 Å². The molecule has 0 saturated carbocycles. The number of benzene rings is 2. The summed E-state index contributed by atoms with van der Waals surface area (Å²) >= 11 is 1.64. The maximum absolute atomic E-state index is 12.8. The second kappa shape index (κ2) is 10.8. The number of ether oxygens (including phenoxy) is 2. The van der Waals surface area contributed by atoms with Crippen molar-refractivity contribution in [3.63, 3.8) is 0 Å². The Morgan fingerprint density at radius 2 is 2.00 bits per heavy atom. The molecule has 4 nitrogen and oxygen atoms in total. The van der Waals surface area contributed by atoms with E-state index in [0.717, 1.165) is 28.4 Å². The first kappa shape index (κ1) is 20.3. The van der Waals surface area contributed by atoms with Crippen molar-refractivity contribution in [1.82, 2.24) is 5.32 Å². The van der Waals surface area contributed by atoms with Crippen LogP contribution in [0.15, 0.2) is 53.4 Å². The Morgan fingerprint density at radius 3 is 2.73 bits per heavy atom. The molecule has 0 spiro atoms. The molecular formula is C20H24FNO3S. The van der Waals surface area contributed by atoms with E-state index in [4.69, 9.17) is 9.47 Å². The molecule has 2 rings (SSSR count). The molecule has 140 valence electrons. The van der Waals surface area contributed by atoms with Crippen LogP contribution in [0.25, 0.3) is 0 Å². The number of halogens is 1. The SMILES string of the molecule is COc1cccc(COC(C)C(=O)NCCCSc2ccc(F)cc2)c1. The van der Waals surface area contributed by atoms with E-state index in [1.807, 2.05) is 24.3 Å². The minimum atomic E-state index is -0.522. The lowest BCUT2D eigenvalue weighted by molar-refractivity contribution is -0.132. The third-order valence-corrected chi connectivity index (χ3v) is 4.80. The van der Waals surface area contributed by atoms with E-state index in [-0.39, 0.29) is 11.7 Å². The van der Waals surface area contributed by atoms with Crippen molar-refractivity contribution >= 4 is 17.7 Å². The molecular weight excluding hydrogens is 353 g/mol. The number of carbonyl (C=O) groups excluding carboxylic acids is 1. The van der Waals surface area contributed by atoms with E-state index in [9.17, 15) is 9.18 Å². The lowest BCUT2D eigenvalue weighted by Crippen LogP contribution is -2.35. The lowest BCUT2D eigenvalue weighted by atomic mass is 10.2. The van der Waals surface area contributed by atoms with Gasteiger partial charge in [0.25, 0.3) is 0 Å². The Kier molecular flexibility index (Phi) is 8.44. The van der Waals surface area contributed by atoms with Crippen molar-refractivity contribution in [3.05, 3.63) is 59.9 Å². The van der Waals surface area contributed by atoms with E-state index < -0.39 is 6.10 Å². The fourth-order valence-corrected chi connectivity index (χ4v) is 3.06. The highest BCUT2D eigenvalue weighted by Crippen LogP contribution is 2.18. The van der Waals surface area contributed by atoms with Gasteiger partial charge in [0.1, 0.15) is 17.7 Å². The van der Waals surface area contributed by atoms with Crippen LogP contribution in [0.3, 0.4) is 0 Å². The number of hydrogen-bond donors (Lipinski definition) is 1. The lowest BCUT2D eigenvalue weighted by Gasteiger charge is -2.14. The molecule has 0 radical (unpaired) electrons. The highest BCUT2D eigenvalue weighted by atomic mass is 32.2. The zero-order chi connectivity index (χ0) is 18.8. The molecule has 0 fully saturated rings. The molecule has 1 N–H and O–H groups in total. The molecule has 1 unspecified atom stereocenters. The van der Waals surface area contributed by atoms with Gasteiger partial charge in [0.2, 0.25) is 5.91 Å².